The van der Waals surface area contributed by atoms with Crippen molar-refractivity contribution >= 4 is 15.7 Å². The zero-order chi connectivity index (χ0) is 14.9. The molecular weight excluding hydrogens is 276 g/mol. The number of hydrogen-bond donors (Lipinski definition) is 2. The Morgan fingerprint density at radius 3 is 2.80 bits per heavy atom. The first-order chi connectivity index (χ1) is 9.34. The Balaban J connectivity index is 2.29. The molecule has 2 atom stereocenters. The van der Waals surface area contributed by atoms with Crippen LogP contribution in [0.3, 0.4) is 0 Å². The van der Waals surface area contributed by atoms with E-state index < -0.39 is 16.1 Å². The smallest absolute Gasteiger partial charge is 0.232 e. The SMILES string of the molecule is CNCCC(O)c1ccc2c(c1)CC(C)N2S(C)(=O)=O. The molecule has 0 spiro atoms. The van der Waals surface area contributed by atoms with Gasteiger partial charge in [-0.15, -0.1) is 0 Å². The molecule has 5 nitrogen and oxygen atoms in total. The molecule has 1 heterocycles. The molecule has 6 heteroatoms. The second kappa shape index (κ2) is 5.71. The van der Waals surface area contributed by atoms with Crippen LogP contribution in [0.2, 0.25) is 0 Å². The summed E-state index contributed by atoms with van der Waals surface area (Å²) in [5.41, 5.74) is 2.58. The van der Waals surface area contributed by atoms with Crippen LogP contribution in [-0.4, -0.2) is 39.4 Å². The summed E-state index contributed by atoms with van der Waals surface area (Å²) in [5, 5.41) is 13.1. The molecule has 0 aromatic heterocycles. The lowest BCUT2D eigenvalue weighted by atomic mass is 10.0. The number of aliphatic hydroxyl groups excluding tert-OH is 1. The highest BCUT2D eigenvalue weighted by Gasteiger charge is 2.32. The number of sulfonamides is 1. The van der Waals surface area contributed by atoms with Crippen LogP contribution in [0.4, 0.5) is 5.69 Å². The normalized spacial score (nSPS) is 20.0. The van der Waals surface area contributed by atoms with Gasteiger partial charge < -0.3 is 10.4 Å². The summed E-state index contributed by atoms with van der Waals surface area (Å²) in [7, 11) is -1.40. The van der Waals surface area contributed by atoms with Crippen LogP contribution >= 0.6 is 0 Å². The molecule has 2 unspecified atom stereocenters. The second-order valence-corrected chi connectivity index (χ2v) is 7.27. The van der Waals surface area contributed by atoms with E-state index in [0.717, 1.165) is 23.4 Å². The van der Waals surface area contributed by atoms with Gasteiger partial charge in [0.15, 0.2) is 0 Å². The van der Waals surface area contributed by atoms with Gasteiger partial charge in [0.05, 0.1) is 18.0 Å². The zero-order valence-corrected chi connectivity index (χ0v) is 12.9. The molecule has 1 aliphatic heterocycles. The minimum absolute atomic E-state index is 0.0651. The lowest BCUT2D eigenvalue weighted by molar-refractivity contribution is 0.167. The van der Waals surface area contributed by atoms with E-state index in [1.54, 1.807) is 6.07 Å². The number of rotatable bonds is 5. The van der Waals surface area contributed by atoms with Gasteiger partial charge in [-0.3, -0.25) is 4.31 Å². The van der Waals surface area contributed by atoms with Crippen molar-refractivity contribution < 1.29 is 13.5 Å². The Hall–Kier alpha value is -1.11. The average molecular weight is 298 g/mol. The number of benzene rings is 1. The van der Waals surface area contributed by atoms with Crippen molar-refractivity contribution in [1.29, 1.82) is 0 Å². The van der Waals surface area contributed by atoms with Crippen molar-refractivity contribution in [2.75, 3.05) is 24.2 Å². The molecule has 1 aliphatic rings. The van der Waals surface area contributed by atoms with E-state index >= 15 is 0 Å². The first-order valence-electron chi connectivity index (χ1n) is 6.79. The molecule has 1 aromatic rings. The minimum Gasteiger partial charge on any atom is -0.388 e. The highest BCUT2D eigenvalue weighted by molar-refractivity contribution is 7.92. The molecule has 2 N–H and O–H groups in total. The summed E-state index contributed by atoms with van der Waals surface area (Å²) in [6.07, 6.45) is 2.04. The zero-order valence-electron chi connectivity index (χ0n) is 12.1. The third kappa shape index (κ3) is 2.97. The fourth-order valence-electron chi connectivity index (χ4n) is 2.78. The molecule has 2 rings (SSSR count). The van der Waals surface area contributed by atoms with Crippen molar-refractivity contribution in [3.63, 3.8) is 0 Å². The van der Waals surface area contributed by atoms with Gasteiger partial charge >= 0.3 is 0 Å². The largest absolute Gasteiger partial charge is 0.388 e. The third-order valence-corrected chi connectivity index (χ3v) is 4.94. The molecule has 0 saturated heterocycles. The van der Waals surface area contributed by atoms with Crippen LogP contribution in [0.1, 0.15) is 30.6 Å². The summed E-state index contributed by atoms with van der Waals surface area (Å²) in [4.78, 5) is 0. The molecule has 0 saturated carbocycles. The topological polar surface area (TPSA) is 69.6 Å². The maximum Gasteiger partial charge on any atom is 0.232 e. The predicted octanol–water partition coefficient (Wildman–Crippen LogP) is 1.04. The van der Waals surface area contributed by atoms with E-state index in [1.807, 2.05) is 26.1 Å². The van der Waals surface area contributed by atoms with E-state index in [9.17, 15) is 13.5 Å². The summed E-state index contributed by atoms with van der Waals surface area (Å²) in [6.45, 7) is 2.64. The third-order valence-electron chi connectivity index (χ3n) is 3.67. The van der Waals surface area contributed by atoms with Gasteiger partial charge in [0.2, 0.25) is 10.0 Å². The number of nitrogens with zero attached hydrogens (tertiary/aromatic N) is 1. The van der Waals surface area contributed by atoms with E-state index in [4.69, 9.17) is 0 Å². The number of fused-ring (bicyclic) bond motifs is 1. The number of hydrogen-bond acceptors (Lipinski definition) is 4. The van der Waals surface area contributed by atoms with E-state index in [1.165, 1.54) is 10.6 Å². The second-order valence-electron chi connectivity index (χ2n) is 5.41. The maximum absolute atomic E-state index is 11.8. The Morgan fingerprint density at radius 1 is 1.50 bits per heavy atom. The van der Waals surface area contributed by atoms with Gasteiger partial charge in [0.25, 0.3) is 0 Å². The molecule has 1 aromatic carbocycles. The Labute approximate surface area is 120 Å². The van der Waals surface area contributed by atoms with Crippen LogP contribution in [0.15, 0.2) is 18.2 Å². The molecular formula is C14H22N2O3S. The van der Waals surface area contributed by atoms with Crippen molar-refractivity contribution in [3.05, 3.63) is 29.3 Å². The van der Waals surface area contributed by atoms with Crippen LogP contribution in [0.25, 0.3) is 0 Å². The first kappa shape index (κ1) is 15.3. The molecule has 0 radical (unpaired) electrons. The van der Waals surface area contributed by atoms with Crippen molar-refractivity contribution in [1.82, 2.24) is 5.32 Å². The van der Waals surface area contributed by atoms with Gasteiger partial charge in [-0.05, 0) is 50.6 Å². The Kier molecular flexibility index (Phi) is 4.36. The summed E-state index contributed by atoms with van der Waals surface area (Å²) < 4.78 is 25.1. The van der Waals surface area contributed by atoms with E-state index in [0.29, 0.717) is 12.8 Å². The summed E-state index contributed by atoms with van der Waals surface area (Å²) in [5.74, 6) is 0. The molecule has 20 heavy (non-hydrogen) atoms. The van der Waals surface area contributed by atoms with Crippen LogP contribution < -0.4 is 9.62 Å². The van der Waals surface area contributed by atoms with Crippen molar-refractivity contribution in [2.24, 2.45) is 0 Å². The Morgan fingerprint density at radius 2 is 2.20 bits per heavy atom. The van der Waals surface area contributed by atoms with Crippen LogP contribution in [0, 0.1) is 0 Å². The average Bonchev–Trinajstić information content (AvgIpc) is 2.70. The lowest BCUT2D eigenvalue weighted by Crippen LogP contribution is -2.34. The monoisotopic (exact) mass is 298 g/mol. The lowest BCUT2D eigenvalue weighted by Gasteiger charge is -2.22. The van der Waals surface area contributed by atoms with Gasteiger partial charge in [-0.2, -0.15) is 0 Å². The van der Waals surface area contributed by atoms with Gasteiger partial charge in [0, 0.05) is 6.04 Å². The summed E-state index contributed by atoms with van der Waals surface area (Å²) >= 11 is 0. The summed E-state index contributed by atoms with van der Waals surface area (Å²) in [6, 6.07) is 5.48. The first-order valence-corrected chi connectivity index (χ1v) is 8.64. The number of nitrogens with one attached hydrogen (secondary N) is 1. The fourth-order valence-corrected chi connectivity index (χ4v) is 4.05. The molecule has 0 bridgehead atoms. The van der Waals surface area contributed by atoms with Crippen molar-refractivity contribution in [2.45, 2.75) is 31.9 Å². The quantitative estimate of drug-likeness (QED) is 0.852. The van der Waals surface area contributed by atoms with Gasteiger partial charge in [-0.1, -0.05) is 12.1 Å². The fraction of sp³-hybridized carbons (Fsp3) is 0.571. The molecule has 0 amide bonds. The molecule has 0 fully saturated rings. The van der Waals surface area contributed by atoms with E-state index in [2.05, 4.69) is 5.32 Å². The predicted molar refractivity (Wildman–Crippen MR) is 80.4 cm³/mol. The number of aliphatic hydroxyl groups is 1. The maximum atomic E-state index is 11.8. The molecule has 112 valence electrons. The van der Waals surface area contributed by atoms with Crippen LogP contribution in [0.5, 0.6) is 0 Å². The van der Waals surface area contributed by atoms with Gasteiger partial charge in [-0.25, -0.2) is 8.42 Å². The van der Waals surface area contributed by atoms with Crippen molar-refractivity contribution in [3.8, 4) is 0 Å². The number of anilines is 1. The molecule has 0 aliphatic carbocycles. The van der Waals surface area contributed by atoms with Gasteiger partial charge in [0.1, 0.15) is 0 Å². The standard InChI is InChI=1S/C14H22N2O3S/c1-10-8-12-9-11(14(17)6-7-15-2)4-5-13(12)16(10)20(3,18)19/h4-5,9-10,14-15,17H,6-8H2,1-3H3. The minimum atomic E-state index is -3.25. The van der Waals surface area contributed by atoms with Crippen LogP contribution in [-0.2, 0) is 16.4 Å². The highest BCUT2D eigenvalue weighted by atomic mass is 32.2. The Bertz CT molecular complexity index is 586. The van der Waals surface area contributed by atoms with E-state index in [-0.39, 0.29) is 6.04 Å². The highest BCUT2D eigenvalue weighted by Crippen LogP contribution is 2.36.